The lowest BCUT2D eigenvalue weighted by Gasteiger charge is -2.20. The van der Waals surface area contributed by atoms with Gasteiger partial charge in [0.1, 0.15) is 6.61 Å². The van der Waals surface area contributed by atoms with E-state index >= 15 is 0 Å². The Morgan fingerprint density at radius 3 is 2.29 bits per heavy atom. The Kier molecular flexibility index (Phi) is 7.30. The van der Waals surface area contributed by atoms with Crippen LogP contribution in [0.5, 0.6) is 0 Å². The highest BCUT2D eigenvalue weighted by Gasteiger charge is 2.33. The number of hydrogen-bond acceptors (Lipinski definition) is 4. The normalized spacial score (nSPS) is 19.3. The minimum absolute atomic E-state index is 0.00507. The smallest absolute Gasteiger partial charge is 0.407 e. The number of carbonyl (C=O) groups excluding carboxylic acids is 2. The average Bonchev–Trinajstić information content (AvgIpc) is 3.44. The molecule has 2 unspecified atom stereocenters. The van der Waals surface area contributed by atoms with Crippen molar-refractivity contribution in [1.82, 2.24) is 10.6 Å². The van der Waals surface area contributed by atoms with Crippen LogP contribution in [0.4, 0.5) is 4.79 Å². The number of carboxylic acid groups (broad SMARTS) is 1. The molecule has 0 aromatic heterocycles. The van der Waals surface area contributed by atoms with Gasteiger partial charge in [0, 0.05) is 30.5 Å². The molecule has 1 saturated carbocycles. The fourth-order valence-corrected chi connectivity index (χ4v) is 5.01. The summed E-state index contributed by atoms with van der Waals surface area (Å²) >= 11 is 0. The van der Waals surface area contributed by atoms with Crippen LogP contribution in [0.1, 0.15) is 43.2 Å². The number of aliphatic carboxylic acids is 1. The minimum atomic E-state index is -1.000. The zero-order valence-electron chi connectivity index (χ0n) is 19.3. The Labute approximate surface area is 199 Å². The van der Waals surface area contributed by atoms with E-state index in [-0.39, 0.29) is 42.4 Å². The molecule has 2 amide bonds. The molecule has 1 fully saturated rings. The Balaban J connectivity index is 1.28. The van der Waals surface area contributed by atoms with Gasteiger partial charge in [-0.3, -0.25) is 4.79 Å². The van der Waals surface area contributed by atoms with Crippen LogP contribution in [0, 0.1) is 11.8 Å². The van der Waals surface area contributed by atoms with E-state index in [2.05, 4.69) is 34.9 Å². The maximum Gasteiger partial charge on any atom is 0.407 e. The van der Waals surface area contributed by atoms with Crippen molar-refractivity contribution >= 4 is 18.0 Å². The second kappa shape index (κ2) is 10.5. The maximum absolute atomic E-state index is 12.6. The molecule has 0 heterocycles. The molecule has 3 N–H and O–H groups in total. The van der Waals surface area contributed by atoms with Crippen LogP contribution < -0.4 is 10.6 Å². The first-order valence-corrected chi connectivity index (χ1v) is 11.7. The van der Waals surface area contributed by atoms with Crippen molar-refractivity contribution in [3.05, 3.63) is 71.3 Å². The van der Waals surface area contributed by atoms with E-state index in [1.165, 1.54) is 24.1 Å². The SMILES string of the molecule is C/C(=C\CNC(=O)C1CCCC1CNC(=O)OCC1c2ccccc2-c2ccccc21)C(=O)O. The molecule has 2 aromatic carbocycles. The minimum Gasteiger partial charge on any atom is -0.478 e. The molecule has 2 atom stereocenters. The number of alkyl carbamates (subject to hydrolysis) is 1. The zero-order valence-corrected chi connectivity index (χ0v) is 19.3. The van der Waals surface area contributed by atoms with Gasteiger partial charge in [-0.1, -0.05) is 61.0 Å². The number of ether oxygens (including phenoxy) is 1. The summed E-state index contributed by atoms with van der Waals surface area (Å²) in [6.07, 6.45) is 3.53. The number of hydrogen-bond donors (Lipinski definition) is 3. The number of fused-ring (bicyclic) bond motifs is 3. The van der Waals surface area contributed by atoms with Gasteiger partial charge in [0.05, 0.1) is 0 Å². The molecular formula is C27H30N2O5. The van der Waals surface area contributed by atoms with E-state index in [0.717, 1.165) is 30.4 Å². The van der Waals surface area contributed by atoms with Gasteiger partial charge >= 0.3 is 12.1 Å². The Morgan fingerprint density at radius 2 is 1.65 bits per heavy atom. The van der Waals surface area contributed by atoms with E-state index in [0.29, 0.717) is 6.54 Å². The zero-order chi connectivity index (χ0) is 24.1. The summed E-state index contributed by atoms with van der Waals surface area (Å²) in [4.78, 5) is 35.9. The second-order valence-corrected chi connectivity index (χ2v) is 8.94. The quantitative estimate of drug-likeness (QED) is 0.513. The molecule has 7 nitrogen and oxygen atoms in total. The first kappa shape index (κ1) is 23.5. The van der Waals surface area contributed by atoms with E-state index in [1.807, 2.05) is 24.3 Å². The predicted octanol–water partition coefficient (Wildman–Crippen LogP) is 4.09. The number of amides is 2. The van der Waals surface area contributed by atoms with Crippen molar-refractivity contribution in [1.29, 1.82) is 0 Å². The molecule has 2 aliphatic rings. The van der Waals surface area contributed by atoms with Crippen molar-refractivity contribution < 1.29 is 24.2 Å². The number of nitrogens with one attached hydrogen (secondary N) is 2. The van der Waals surface area contributed by atoms with Crippen LogP contribution in [0.3, 0.4) is 0 Å². The van der Waals surface area contributed by atoms with Gasteiger partial charge in [0.15, 0.2) is 0 Å². The summed E-state index contributed by atoms with van der Waals surface area (Å²) in [5.74, 6) is -1.27. The van der Waals surface area contributed by atoms with Gasteiger partial charge in [-0.15, -0.1) is 0 Å². The Bertz CT molecular complexity index is 1060. The Morgan fingerprint density at radius 1 is 1.00 bits per heavy atom. The van der Waals surface area contributed by atoms with E-state index in [4.69, 9.17) is 9.84 Å². The van der Waals surface area contributed by atoms with Gasteiger partial charge in [-0.2, -0.15) is 0 Å². The van der Waals surface area contributed by atoms with Crippen molar-refractivity contribution in [3.8, 4) is 11.1 Å². The molecule has 0 bridgehead atoms. The van der Waals surface area contributed by atoms with Crippen LogP contribution >= 0.6 is 0 Å². The van der Waals surface area contributed by atoms with Crippen LogP contribution in [-0.2, 0) is 14.3 Å². The molecule has 0 saturated heterocycles. The summed E-state index contributed by atoms with van der Waals surface area (Å²) in [7, 11) is 0. The fourth-order valence-electron chi connectivity index (χ4n) is 5.01. The number of carboxylic acids is 1. The number of rotatable bonds is 8. The molecule has 34 heavy (non-hydrogen) atoms. The van der Waals surface area contributed by atoms with Crippen molar-refractivity contribution in [3.63, 3.8) is 0 Å². The van der Waals surface area contributed by atoms with Crippen LogP contribution in [0.25, 0.3) is 11.1 Å². The summed E-state index contributed by atoms with van der Waals surface area (Å²) in [5.41, 5.74) is 4.88. The molecule has 4 rings (SSSR count). The first-order chi connectivity index (χ1) is 16.5. The van der Waals surface area contributed by atoms with Crippen molar-refractivity contribution in [2.45, 2.75) is 32.1 Å². The van der Waals surface area contributed by atoms with Crippen molar-refractivity contribution in [2.24, 2.45) is 11.8 Å². The van der Waals surface area contributed by atoms with Crippen LogP contribution in [0.2, 0.25) is 0 Å². The summed E-state index contributed by atoms with van der Waals surface area (Å²) in [6, 6.07) is 16.4. The third-order valence-corrected chi connectivity index (χ3v) is 6.87. The molecule has 0 radical (unpaired) electrons. The molecule has 2 aliphatic carbocycles. The summed E-state index contributed by atoms with van der Waals surface area (Å²) < 4.78 is 5.59. The van der Waals surface area contributed by atoms with Gasteiger partial charge in [-0.25, -0.2) is 9.59 Å². The molecule has 178 valence electrons. The third kappa shape index (κ3) is 5.14. The van der Waals surface area contributed by atoms with E-state index < -0.39 is 12.1 Å². The highest BCUT2D eigenvalue weighted by molar-refractivity contribution is 5.86. The topological polar surface area (TPSA) is 105 Å². The monoisotopic (exact) mass is 462 g/mol. The lowest BCUT2D eigenvalue weighted by molar-refractivity contribution is -0.132. The Hall–Kier alpha value is -3.61. The average molecular weight is 463 g/mol. The third-order valence-electron chi connectivity index (χ3n) is 6.87. The lowest BCUT2D eigenvalue weighted by Crippen LogP contribution is -2.38. The van der Waals surface area contributed by atoms with Crippen LogP contribution in [0.15, 0.2) is 60.2 Å². The summed E-state index contributed by atoms with van der Waals surface area (Å²) in [5, 5.41) is 14.5. The molecular weight excluding hydrogens is 432 g/mol. The summed E-state index contributed by atoms with van der Waals surface area (Å²) in [6.45, 7) is 2.30. The highest BCUT2D eigenvalue weighted by Crippen LogP contribution is 2.44. The van der Waals surface area contributed by atoms with Crippen LogP contribution in [-0.4, -0.2) is 42.8 Å². The molecule has 2 aromatic rings. The molecule has 0 spiro atoms. The van der Waals surface area contributed by atoms with Gasteiger partial charge in [0.25, 0.3) is 0 Å². The molecule has 0 aliphatic heterocycles. The fraction of sp³-hybridized carbons (Fsp3) is 0.370. The van der Waals surface area contributed by atoms with Gasteiger partial charge in [-0.05, 0) is 47.9 Å². The second-order valence-electron chi connectivity index (χ2n) is 8.94. The molecule has 7 heteroatoms. The van der Waals surface area contributed by atoms with E-state index in [1.54, 1.807) is 0 Å². The maximum atomic E-state index is 12.6. The highest BCUT2D eigenvalue weighted by atomic mass is 16.5. The predicted molar refractivity (Wildman–Crippen MR) is 128 cm³/mol. The van der Waals surface area contributed by atoms with Crippen molar-refractivity contribution in [2.75, 3.05) is 19.7 Å². The first-order valence-electron chi connectivity index (χ1n) is 11.7. The van der Waals surface area contributed by atoms with E-state index in [9.17, 15) is 14.4 Å². The standard InChI is InChI=1S/C27H30N2O5/c1-17(26(31)32)13-14-28-25(30)19-12-6-7-18(19)15-29-27(33)34-16-24-22-10-4-2-8-20(22)21-9-3-5-11-23(21)24/h2-5,8-11,13,18-19,24H,6-7,12,14-16H2,1H3,(H,28,30)(H,29,33)(H,31,32)/b17-13+. The van der Waals surface area contributed by atoms with Gasteiger partial charge in [0.2, 0.25) is 5.91 Å². The number of carbonyl (C=O) groups is 3. The lowest BCUT2D eigenvalue weighted by atomic mass is 9.95. The largest absolute Gasteiger partial charge is 0.478 e. The van der Waals surface area contributed by atoms with Gasteiger partial charge < -0.3 is 20.5 Å². The number of benzene rings is 2.